The summed E-state index contributed by atoms with van der Waals surface area (Å²) >= 11 is 0. The van der Waals surface area contributed by atoms with Gasteiger partial charge in [-0.1, -0.05) is 18.6 Å². The molecule has 2 heterocycles. The Morgan fingerprint density at radius 2 is 2.28 bits per heavy atom. The van der Waals surface area contributed by atoms with Gasteiger partial charge >= 0.3 is 0 Å². The van der Waals surface area contributed by atoms with Gasteiger partial charge in [0.1, 0.15) is 18.3 Å². The van der Waals surface area contributed by atoms with E-state index in [4.69, 9.17) is 0 Å². The molecular formula is C11H17N5O2. The van der Waals surface area contributed by atoms with Gasteiger partial charge in [0.15, 0.2) is 0 Å². The van der Waals surface area contributed by atoms with Gasteiger partial charge in [-0.3, -0.25) is 14.3 Å². The van der Waals surface area contributed by atoms with Crippen LogP contribution in [0.1, 0.15) is 25.5 Å². The fraction of sp³-hybridized carbons (Fsp3) is 0.636. The van der Waals surface area contributed by atoms with Crippen molar-refractivity contribution in [2.24, 2.45) is 7.05 Å². The highest BCUT2D eigenvalue weighted by Crippen LogP contribution is 2.10. The van der Waals surface area contributed by atoms with Crippen molar-refractivity contribution in [3.8, 4) is 0 Å². The van der Waals surface area contributed by atoms with Gasteiger partial charge in [-0.2, -0.15) is 0 Å². The number of nitrogens with zero attached hydrogens (tertiary/aromatic N) is 4. The first-order valence-corrected chi connectivity index (χ1v) is 6.03. The first kappa shape index (κ1) is 12.5. The highest BCUT2D eigenvalue weighted by atomic mass is 16.2. The van der Waals surface area contributed by atoms with Gasteiger partial charge < -0.3 is 10.2 Å². The third-order valence-electron chi connectivity index (χ3n) is 2.86. The molecule has 98 valence electrons. The predicted octanol–water partition coefficient (Wildman–Crippen LogP) is -0.558. The van der Waals surface area contributed by atoms with Crippen LogP contribution in [0.2, 0.25) is 0 Å². The first-order valence-electron chi connectivity index (χ1n) is 6.03. The molecule has 0 aliphatic carbocycles. The van der Waals surface area contributed by atoms with Crippen LogP contribution in [0.3, 0.4) is 0 Å². The van der Waals surface area contributed by atoms with E-state index in [1.807, 2.05) is 6.92 Å². The van der Waals surface area contributed by atoms with Gasteiger partial charge in [-0.15, -0.1) is 5.10 Å². The normalized spacial score (nSPS) is 20.1. The van der Waals surface area contributed by atoms with E-state index in [1.165, 1.54) is 4.90 Å². The minimum absolute atomic E-state index is 0.0397. The lowest BCUT2D eigenvalue weighted by Crippen LogP contribution is -2.57. The molecule has 1 aliphatic rings. The predicted molar refractivity (Wildman–Crippen MR) is 63.3 cm³/mol. The molecule has 0 aromatic carbocycles. The fourth-order valence-electron chi connectivity index (χ4n) is 2.05. The lowest BCUT2D eigenvalue weighted by molar-refractivity contribution is -0.145. The highest BCUT2D eigenvalue weighted by molar-refractivity contribution is 5.94. The Hall–Kier alpha value is -1.92. The van der Waals surface area contributed by atoms with Crippen molar-refractivity contribution in [2.75, 3.05) is 6.54 Å². The van der Waals surface area contributed by atoms with Crippen LogP contribution in [0.25, 0.3) is 0 Å². The first-order chi connectivity index (χ1) is 8.60. The minimum atomic E-state index is -0.395. The van der Waals surface area contributed by atoms with Crippen molar-refractivity contribution in [2.45, 2.75) is 32.4 Å². The largest absolute Gasteiger partial charge is 0.343 e. The Balaban J connectivity index is 2.06. The number of aryl methyl sites for hydroxylation is 1. The van der Waals surface area contributed by atoms with Crippen LogP contribution < -0.4 is 5.32 Å². The summed E-state index contributed by atoms with van der Waals surface area (Å²) in [6.45, 7) is 2.41. The molecule has 0 saturated carbocycles. The summed E-state index contributed by atoms with van der Waals surface area (Å²) in [6, 6.07) is -0.395. The van der Waals surface area contributed by atoms with Crippen LogP contribution >= 0.6 is 0 Å². The summed E-state index contributed by atoms with van der Waals surface area (Å²) in [6.07, 6.45) is 3.27. The lowest BCUT2D eigenvalue weighted by Gasteiger charge is -2.31. The molecule has 1 aromatic heterocycles. The number of piperazine rings is 1. The van der Waals surface area contributed by atoms with Gasteiger partial charge in [0.2, 0.25) is 11.8 Å². The lowest BCUT2D eigenvalue weighted by atomic mass is 10.1. The number of hydrogen-bond acceptors (Lipinski definition) is 4. The maximum atomic E-state index is 12.1. The molecule has 2 amide bonds. The Labute approximate surface area is 105 Å². The van der Waals surface area contributed by atoms with Crippen molar-refractivity contribution in [3.63, 3.8) is 0 Å². The zero-order chi connectivity index (χ0) is 13.1. The topological polar surface area (TPSA) is 80.1 Å². The van der Waals surface area contributed by atoms with Gasteiger partial charge in [0.05, 0.1) is 6.54 Å². The molecule has 1 aromatic rings. The number of aromatic nitrogens is 3. The summed E-state index contributed by atoms with van der Waals surface area (Å²) in [5.41, 5.74) is 0.691. The SMILES string of the molecule is CCCC1NC(=O)CN(Cc2cn(C)nn2)C1=O. The molecule has 18 heavy (non-hydrogen) atoms. The summed E-state index contributed by atoms with van der Waals surface area (Å²) < 4.78 is 1.58. The van der Waals surface area contributed by atoms with E-state index < -0.39 is 6.04 Å². The summed E-state index contributed by atoms with van der Waals surface area (Å²) in [4.78, 5) is 25.2. The molecule has 7 heteroatoms. The van der Waals surface area contributed by atoms with Crippen LogP contribution in [-0.4, -0.2) is 44.3 Å². The monoisotopic (exact) mass is 251 g/mol. The van der Waals surface area contributed by atoms with E-state index in [9.17, 15) is 9.59 Å². The number of hydrogen-bond donors (Lipinski definition) is 1. The van der Waals surface area contributed by atoms with Crippen LogP contribution in [0.4, 0.5) is 0 Å². The van der Waals surface area contributed by atoms with Crippen molar-refractivity contribution in [1.29, 1.82) is 0 Å². The Kier molecular flexibility index (Phi) is 3.59. The van der Waals surface area contributed by atoms with Crippen molar-refractivity contribution < 1.29 is 9.59 Å². The smallest absolute Gasteiger partial charge is 0.245 e. The molecule has 1 unspecified atom stereocenters. The molecule has 1 fully saturated rings. The van der Waals surface area contributed by atoms with Crippen LogP contribution in [-0.2, 0) is 23.2 Å². The van der Waals surface area contributed by atoms with Crippen molar-refractivity contribution >= 4 is 11.8 Å². The van der Waals surface area contributed by atoms with E-state index in [0.717, 1.165) is 6.42 Å². The maximum absolute atomic E-state index is 12.1. The molecule has 0 spiro atoms. The summed E-state index contributed by atoms with van der Waals surface area (Å²) in [5, 5.41) is 10.5. The summed E-state index contributed by atoms with van der Waals surface area (Å²) in [5.74, 6) is -0.154. The van der Waals surface area contributed by atoms with E-state index in [0.29, 0.717) is 18.7 Å². The van der Waals surface area contributed by atoms with E-state index in [1.54, 1.807) is 17.9 Å². The second kappa shape index (κ2) is 5.16. The molecule has 0 bridgehead atoms. The van der Waals surface area contributed by atoms with Gasteiger partial charge in [-0.25, -0.2) is 0 Å². The number of carbonyl (C=O) groups excluding carboxylic acids is 2. The molecule has 1 aliphatic heterocycles. The number of carbonyl (C=O) groups is 2. The molecule has 1 atom stereocenters. The second-order valence-electron chi connectivity index (χ2n) is 4.49. The van der Waals surface area contributed by atoms with Crippen molar-refractivity contribution in [3.05, 3.63) is 11.9 Å². The average molecular weight is 251 g/mol. The average Bonchev–Trinajstić information content (AvgIpc) is 2.71. The molecule has 7 nitrogen and oxygen atoms in total. The molecule has 1 N–H and O–H groups in total. The molecule has 0 radical (unpaired) electrons. The standard InChI is InChI=1S/C11H17N5O2/c1-3-4-9-11(18)16(7-10(17)12-9)6-8-5-15(2)14-13-8/h5,9H,3-4,6-7H2,1-2H3,(H,12,17). The van der Waals surface area contributed by atoms with E-state index >= 15 is 0 Å². The Morgan fingerprint density at radius 3 is 2.89 bits per heavy atom. The third kappa shape index (κ3) is 2.66. The number of nitrogens with one attached hydrogen (secondary N) is 1. The Morgan fingerprint density at radius 1 is 1.50 bits per heavy atom. The number of amides is 2. The van der Waals surface area contributed by atoms with Gasteiger partial charge in [0, 0.05) is 13.2 Å². The summed E-state index contributed by atoms with van der Waals surface area (Å²) in [7, 11) is 1.77. The van der Waals surface area contributed by atoms with Crippen LogP contribution in [0, 0.1) is 0 Å². The fourth-order valence-corrected chi connectivity index (χ4v) is 2.05. The minimum Gasteiger partial charge on any atom is -0.343 e. The van der Waals surface area contributed by atoms with E-state index in [2.05, 4.69) is 15.6 Å². The van der Waals surface area contributed by atoms with Crippen molar-refractivity contribution in [1.82, 2.24) is 25.2 Å². The molecular weight excluding hydrogens is 234 g/mol. The van der Waals surface area contributed by atoms with Crippen LogP contribution in [0.15, 0.2) is 6.20 Å². The zero-order valence-corrected chi connectivity index (χ0v) is 10.6. The molecule has 2 rings (SSSR count). The Bertz CT molecular complexity index is 456. The van der Waals surface area contributed by atoms with Gasteiger partial charge in [0.25, 0.3) is 0 Å². The molecule has 1 saturated heterocycles. The highest BCUT2D eigenvalue weighted by Gasteiger charge is 2.32. The number of rotatable bonds is 4. The quantitative estimate of drug-likeness (QED) is 0.778. The van der Waals surface area contributed by atoms with E-state index in [-0.39, 0.29) is 18.4 Å². The van der Waals surface area contributed by atoms with Crippen LogP contribution in [0.5, 0.6) is 0 Å². The third-order valence-corrected chi connectivity index (χ3v) is 2.86. The second-order valence-corrected chi connectivity index (χ2v) is 4.49. The maximum Gasteiger partial charge on any atom is 0.245 e. The van der Waals surface area contributed by atoms with Gasteiger partial charge in [-0.05, 0) is 6.42 Å². The zero-order valence-electron chi connectivity index (χ0n) is 10.6.